The van der Waals surface area contributed by atoms with Crippen LogP contribution in [0.15, 0.2) is 128 Å². The second kappa shape index (κ2) is 19.0. The number of hydrogen-bond donors (Lipinski definition) is 0. The topological polar surface area (TPSA) is 30.7 Å². The standard InChI is InChI=1S/C37H30FN2S.C20H28GeN.Ir/c1-22(2)28-20-25(24-12-6-5-7-13-24)21-29(23(3)4)35(28)40-32-16-10-9-15-31(32)39-37(40)27-18-19-30(38)34-26-14-8-11-17-33(26)41-36(27)34;1-15-8-10-16(11-9-15)19-12-17(13-20(2,3)4)18(14-22-19)21(5,6)7;/h5-17,19-23H,1-4H3;8-10,12,14H,13H2,1-7H3;/q2*-1;/i;1D2,13D2;. The zero-order valence-electron chi connectivity index (χ0n) is 42.3. The summed E-state index contributed by atoms with van der Waals surface area (Å²) in [5.74, 6) is 7.83. The molecule has 0 atom stereocenters. The van der Waals surface area contributed by atoms with E-state index in [0.717, 1.165) is 58.4 Å². The van der Waals surface area contributed by atoms with Crippen LogP contribution in [0.1, 0.15) is 88.0 Å². The van der Waals surface area contributed by atoms with E-state index >= 15 is 4.39 Å². The van der Waals surface area contributed by atoms with Crippen LogP contribution in [0.25, 0.3) is 70.7 Å². The fourth-order valence-corrected chi connectivity index (χ4v) is 12.4. The molecule has 0 aliphatic heterocycles. The molecule has 0 N–H and O–H groups in total. The van der Waals surface area contributed by atoms with E-state index in [4.69, 9.17) is 10.5 Å². The minimum Gasteiger partial charge on any atom is 0 e. The van der Waals surface area contributed by atoms with Gasteiger partial charge >= 0.3 is 144 Å². The monoisotopic (exact) mass is 1110 g/mol. The number of benzene rings is 6. The normalized spacial score (nSPS) is 13.2. The summed E-state index contributed by atoms with van der Waals surface area (Å²) in [4.78, 5) is 9.81. The van der Waals surface area contributed by atoms with Gasteiger partial charge in [-0.05, 0) is 79.9 Å². The molecule has 7 heteroatoms. The van der Waals surface area contributed by atoms with Crippen molar-refractivity contribution in [2.75, 3.05) is 0 Å². The van der Waals surface area contributed by atoms with E-state index in [1.165, 1.54) is 28.3 Å². The Hall–Kier alpha value is -4.72. The Labute approximate surface area is 405 Å². The van der Waals surface area contributed by atoms with Gasteiger partial charge in [-0.15, -0.1) is 12.1 Å². The number of aromatic nitrogens is 3. The largest absolute Gasteiger partial charge is 0 e. The van der Waals surface area contributed by atoms with Crippen LogP contribution in [0, 0.1) is 30.2 Å². The Balaban J connectivity index is 0.000000220. The third-order valence-corrected chi connectivity index (χ3v) is 16.7. The number of pyridine rings is 1. The third-order valence-electron chi connectivity index (χ3n) is 11.3. The number of imidazole rings is 1. The maximum atomic E-state index is 15.4. The van der Waals surface area contributed by atoms with Gasteiger partial charge in [0.1, 0.15) is 0 Å². The Morgan fingerprint density at radius 1 is 0.812 bits per heavy atom. The molecule has 0 bridgehead atoms. The molecule has 0 unspecified atom stereocenters. The quantitative estimate of drug-likeness (QED) is 0.112. The summed E-state index contributed by atoms with van der Waals surface area (Å²) in [5, 5.41) is 1.58. The first kappa shape index (κ1) is 42.0. The Bertz CT molecular complexity index is 3210. The first-order valence-electron chi connectivity index (χ1n) is 23.9. The van der Waals surface area contributed by atoms with E-state index in [1.54, 1.807) is 23.5 Å². The number of fused-ring (bicyclic) bond motifs is 4. The van der Waals surface area contributed by atoms with E-state index in [-0.39, 0.29) is 37.8 Å². The first-order chi connectivity index (χ1) is 31.7. The molecule has 329 valence electrons. The zero-order valence-corrected chi connectivity index (χ0v) is 43.6. The van der Waals surface area contributed by atoms with Crippen LogP contribution < -0.4 is 4.40 Å². The van der Waals surface area contributed by atoms with E-state index in [9.17, 15) is 0 Å². The maximum absolute atomic E-state index is 15.4. The van der Waals surface area contributed by atoms with Crippen LogP contribution >= 0.6 is 11.3 Å². The molecule has 6 aromatic carbocycles. The van der Waals surface area contributed by atoms with Crippen molar-refractivity contribution in [1.29, 1.82) is 0 Å². The number of halogens is 1. The number of nitrogens with zero attached hydrogens (tertiary/aromatic N) is 3. The molecular weight excluding hydrogens is 1040 g/mol. The van der Waals surface area contributed by atoms with Gasteiger partial charge < -0.3 is 4.57 Å². The van der Waals surface area contributed by atoms with Crippen molar-refractivity contribution in [3.63, 3.8) is 0 Å². The van der Waals surface area contributed by atoms with Gasteiger partial charge in [0.25, 0.3) is 0 Å². The predicted molar refractivity (Wildman–Crippen MR) is 271 cm³/mol. The van der Waals surface area contributed by atoms with E-state index < -0.39 is 31.9 Å². The van der Waals surface area contributed by atoms with Crippen LogP contribution in [0.3, 0.4) is 0 Å². The van der Waals surface area contributed by atoms with Crippen molar-refractivity contribution >= 4 is 60.2 Å². The number of hydrogen-bond acceptors (Lipinski definition) is 3. The van der Waals surface area contributed by atoms with Crippen molar-refractivity contribution in [2.24, 2.45) is 5.41 Å². The molecule has 0 saturated heterocycles. The average molecular weight is 1110 g/mol. The molecule has 3 nitrogen and oxygen atoms in total. The zero-order chi connectivity index (χ0) is 48.2. The molecule has 64 heavy (non-hydrogen) atoms. The first-order valence-corrected chi connectivity index (χ1v) is 29.9. The molecular formula is C57H58FGeIrN3S-2. The molecule has 9 aromatic rings. The SMILES string of the molecule is CC(C)c1cc(-c2ccccc2)cc(C(C)C)c1-n1c(-c2[c-]cc(F)c3c2sc2ccccc23)nc2ccccc21.[2H]C([2H])c1c[c-]c(-c2cc(C([2H])([2H])C(C)(C)C)[c]([Ge]([CH3])([CH3])[CH3])cn2)cc1.[Ir]. The second-order valence-corrected chi connectivity index (χ2v) is 30.7. The fourth-order valence-electron chi connectivity index (χ4n) is 8.24. The number of para-hydroxylation sites is 2. The number of rotatable bonds is 8. The van der Waals surface area contributed by atoms with Gasteiger partial charge in [0.05, 0.1) is 16.9 Å². The molecule has 0 aliphatic rings. The molecule has 0 aliphatic carbocycles. The van der Waals surface area contributed by atoms with Crippen molar-refractivity contribution in [3.8, 4) is 39.5 Å². The van der Waals surface area contributed by atoms with Crippen molar-refractivity contribution < 1.29 is 30.0 Å². The molecule has 1 radical (unpaired) electrons. The summed E-state index contributed by atoms with van der Waals surface area (Å²) in [5.41, 5.74) is 11.1. The summed E-state index contributed by atoms with van der Waals surface area (Å²) in [6.07, 6.45) is 0.375. The number of aryl methyl sites for hydroxylation is 1. The van der Waals surface area contributed by atoms with Crippen LogP contribution in [-0.4, -0.2) is 27.8 Å². The summed E-state index contributed by atoms with van der Waals surface area (Å²) >= 11 is -0.712. The summed E-state index contributed by atoms with van der Waals surface area (Å²) < 4.78 is 53.2. The Morgan fingerprint density at radius 2 is 1.48 bits per heavy atom. The molecule has 9 rings (SSSR count). The van der Waals surface area contributed by atoms with Gasteiger partial charge in [-0.1, -0.05) is 93.9 Å². The van der Waals surface area contributed by atoms with Gasteiger partial charge in [-0.3, -0.25) is 9.37 Å². The van der Waals surface area contributed by atoms with Crippen molar-refractivity contribution in [2.45, 2.75) is 90.8 Å². The van der Waals surface area contributed by atoms with Gasteiger partial charge in [-0.25, -0.2) is 0 Å². The average Bonchev–Trinajstić information content (AvgIpc) is 3.88. The fraction of sp³-hybridized carbons (Fsp3) is 0.263. The molecule has 0 saturated carbocycles. The molecule has 0 amide bonds. The predicted octanol–water partition coefficient (Wildman–Crippen LogP) is 15.9. The van der Waals surface area contributed by atoms with Gasteiger partial charge in [0, 0.05) is 36.3 Å². The summed E-state index contributed by atoms with van der Waals surface area (Å²) in [7, 11) is 0. The second-order valence-electron chi connectivity index (χ2n) is 19.0. The van der Waals surface area contributed by atoms with Gasteiger partial charge in [0.2, 0.25) is 0 Å². The smallest absolute Gasteiger partial charge is 0 e. The maximum Gasteiger partial charge on any atom is 0 e. The van der Waals surface area contributed by atoms with Crippen LogP contribution in [0.2, 0.25) is 17.3 Å². The van der Waals surface area contributed by atoms with Crippen LogP contribution in [-0.2, 0) is 26.5 Å². The molecule has 3 aromatic heterocycles. The third kappa shape index (κ3) is 9.77. The molecule has 0 spiro atoms. The minimum absolute atomic E-state index is 0. The summed E-state index contributed by atoms with van der Waals surface area (Å²) in [6, 6.07) is 46.6. The molecule has 0 fully saturated rings. The van der Waals surface area contributed by atoms with Crippen molar-refractivity contribution in [3.05, 3.63) is 168 Å². The van der Waals surface area contributed by atoms with Gasteiger partial charge in [0.15, 0.2) is 0 Å². The van der Waals surface area contributed by atoms with E-state index in [1.807, 2.05) is 63.4 Å². The Morgan fingerprint density at radius 3 is 2.12 bits per heavy atom. The van der Waals surface area contributed by atoms with E-state index in [0.29, 0.717) is 16.6 Å². The van der Waals surface area contributed by atoms with Gasteiger partial charge in [-0.2, -0.15) is 11.3 Å². The number of thiophene rings is 1. The van der Waals surface area contributed by atoms with Crippen molar-refractivity contribution in [1.82, 2.24) is 14.5 Å². The van der Waals surface area contributed by atoms with E-state index in [2.05, 4.69) is 133 Å². The van der Waals surface area contributed by atoms with Crippen LogP contribution in [0.4, 0.5) is 4.39 Å². The minimum atomic E-state index is -2.32. The van der Waals surface area contributed by atoms with Crippen LogP contribution in [0.5, 0.6) is 0 Å². The molecule has 3 heterocycles. The Kier molecular flexibility index (Phi) is 12.5. The summed E-state index contributed by atoms with van der Waals surface area (Å²) in [6.45, 7) is 13.8.